The van der Waals surface area contributed by atoms with E-state index < -0.39 is 0 Å². The van der Waals surface area contributed by atoms with Crippen LogP contribution in [-0.4, -0.2) is 31.1 Å². The minimum atomic E-state index is -0.200. The Hall–Kier alpha value is -0.610. The second-order valence-electron chi connectivity index (χ2n) is 5.22. The summed E-state index contributed by atoms with van der Waals surface area (Å²) in [6.07, 6.45) is 2.49. The van der Waals surface area contributed by atoms with Crippen molar-refractivity contribution in [1.82, 2.24) is 4.90 Å². The van der Waals surface area contributed by atoms with Crippen molar-refractivity contribution in [3.05, 3.63) is 28.5 Å². The van der Waals surface area contributed by atoms with Crippen LogP contribution in [0.15, 0.2) is 22.7 Å². The number of halogens is 2. The third-order valence-corrected chi connectivity index (χ3v) is 4.37. The highest BCUT2D eigenvalue weighted by Crippen LogP contribution is 2.27. The van der Waals surface area contributed by atoms with Crippen molar-refractivity contribution in [3.8, 4) is 0 Å². The van der Waals surface area contributed by atoms with Crippen molar-refractivity contribution in [3.63, 3.8) is 0 Å². The summed E-state index contributed by atoms with van der Waals surface area (Å²) in [7, 11) is 2.16. The number of hydrogen-bond donors (Lipinski definition) is 1. The fourth-order valence-electron chi connectivity index (χ4n) is 2.59. The fraction of sp³-hybridized carbons (Fsp3) is 0.571. The van der Waals surface area contributed by atoms with E-state index in [9.17, 15) is 4.39 Å². The summed E-state index contributed by atoms with van der Waals surface area (Å²) in [5, 5.41) is 3.43. The number of nitrogens with one attached hydrogen (secondary N) is 1. The lowest BCUT2D eigenvalue weighted by molar-refractivity contribution is 0.197. The van der Waals surface area contributed by atoms with Gasteiger partial charge in [0, 0.05) is 17.1 Å². The molecule has 2 unspecified atom stereocenters. The molecule has 1 heterocycles. The number of rotatable bonds is 3. The molecule has 2 nitrogen and oxygen atoms in total. The number of benzene rings is 1. The first-order chi connectivity index (χ1) is 8.56. The number of nitrogens with zero attached hydrogens (tertiary/aromatic N) is 1. The monoisotopic (exact) mass is 314 g/mol. The van der Waals surface area contributed by atoms with Gasteiger partial charge in [0.15, 0.2) is 0 Å². The van der Waals surface area contributed by atoms with Crippen molar-refractivity contribution in [2.75, 3.05) is 25.5 Å². The van der Waals surface area contributed by atoms with Crippen molar-refractivity contribution >= 4 is 21.6 Å². The van der Waals surface area contributed by atoms with Crippen LogP contribution < -0.4 is 5.32 Å². The molecule has 0 bridgehead atoms. The van der Waals surface area contributed by atoms with Gasteiger partial charge in [0.2, 0.25) is 0 Å². The Morgan fingerprint density at radius 3 is 3.00 bits per heavy atom. The van der Waals surface area contributed by atoms with E-state index in [0.29, 0.717) is 12.0 Å². The molecular weight excluding hydrogens is 295 g/mol. The van der Waals surface area contributed by atoms with Gasteiger partial charge >= 0.3 is 0 Å². The Morgan fingerprint density at radius 1 is 1.50 bits per heavy atom. The van der Waals surface area contributed by atoms with Gasteiger partial charge in [0.1, 0.15) is 5.82 Å². The van der Waals surface area contributed by atoms with Crippen LogP contribution in [0.3, 0.4) is 0 Å². The average molecular weight is 315 g/mol. The highest BCUT2D eigenvalue weighted by atomic mass is 79.9. The molecule has 1 aliphatic rings. The summed E-state index contributed by atoms with van der Waals surface area (Å²) in [5.41, 5.74) is 0.843. The van der Waals surface area contributed by atoms with Gasteiger partial charge in [-0.25, -0.2) is 4.39 Å². The standard InChI is InChI=1S/C14H20BrFN2/c1-10(11-4-3-7-18(2)9-11)17-14-8-12(16)5-6-13(14)15/h5-6,8,10-11,17H,3-4,7,9H2,1-2H3. The van der Waals surface area contributed by atoms with Crippen LogP contribution in [-0.2, 0) is 0 Å². The van der Waals surface area contributed by atoms with Gasteiger partial charge in [-0.2, -0.15) is 0 Å². The van der Waals surface area contributed by atoms with E-state index in [-0.39, 0.29) is 5.82 Å². The third kappa shape index (κ3) is 3.45. The van der Waals surface area contributed by atoms with Crippen LogP contribution >= 0.6 is 15.9 Å². The third-order valence-electron chi connectivity index (χ3n) is 3.68. The van der Waals surface area contributed by atoms with Gasteiger partial charge in [-0.3, -0.25) is 0 Å². The molecular formula is C14H20BrFN2. The highest BCUT2D eigenvalue weighted by molar-refractivity contribution is 9.10. The second-order valence-corrected chi connectivity index (χ2v) is 6.08. The predicted molar refractivity (Wildman–Crippen MR) is 77.4 cm³/mol. The molecule has 1 N–H and O–H groups in total. The Morgan fingerprint density at radius 2 is 2.28 bits per heavy atom. The van der Waals surface area contributed by atoms with Gasteiger partial charge in [-0.1, -0.05) is 0 Å². The Labute approximate surface area is 117 Å². The first-order valence-corrected chi connectivity index (χ1v) is 7.25. The fourth-order valence-corrected chi connectivity index (χ4v) is 2.95. The largest absolute Gasteiger partial charge is 0.381 e. The van der Waals surface area contributed by atoms with E-state index >= 15 is 0 Å². The first kappa shape index (κ1) is 13.8. The van der Waals surface area contributed by atoms with Crippen molar-refractivity contribution in [2.45, 2.75) is 25.8 Å². The van der Waals surface area contributed by atoms with Gasteiger partial charge in [0.05, 0.1) is 5.69 Å². The second kappa shape index (κ2) is 6.02. The predicted octanol–water partition coefficient (Wildman–Crippen LogP) is 3.73. The molecule has 2 atom stereocenters. The van der Waals surface area contributed by atoms with Crippen LogP contribution in [0.2, 0.25) is 0 Å². The molecule has 0 spiro atoms. The number of anilines is 1. The minimum absolute atomic E-state index is 0.200. The molecule has 100 valence electrons. The quantitative estimate of drug-likeness (QED) is 0.914. The molecule has 1 aromatic carbocycles. The molecule has 0 aliphatic carbocycles. The van der Waals surface area contributed by atoms with Gasteiger partial charge in [-0.15, -0.1) is 0 Å². The summed E-state index contributed by atoms with van der Waals surface area (Å²) < 4.78 is 14.1. The Balaban J connectivity index is 2.01. The number of likely N-dealkylation sites (tertiary alicyclic amines) is 1. The Bertz CT molecular complexity index is 411. The maximum absolute atomic E-state index is 13.2. The maximum Gasteiger partial charge on any atom is 0.125 e. The van der Waals surface area contributed by atoms with E-state index in [4.69, 9.17) is 0 Å². The zero-order valence-electron chi connectivity index (χ0n) is 10.9. The average Bonchev–Trinajstić information content (AvgIpc) is 2.34. The number of piperidine rings is 1. The lowest BCUT2D eigenvalue weighted by Gasteiger charge is -2.34. The normalized spacial score (nSPS) is 22.8. The summed E-state index contributed by atoms with van der Waals surface area (Å²) in [6, 6.07) is 5.12. The zero-order chi connectivity index (χ0) is 13.1. The summed E-state index contributed by atoms with van der Waals surface area (Å²) in [4.78, 5) is 2.37. The van der Waals surface area contributed by atoms with Crippen molar-refractivity contribution in [2.24, 2.45) is 5.92 Å². The molecule has 2 rings (SSSR count). The molecule has 1 saturated heterocycles. The Kier molecular flexibility index (Phi) is 4.62. The van der Waals surface area contributed by atoms with Crippen molar-refractivity contribution in [1.29, 1.82) is 0 Å². The van der Waals surface area contributed by atoms with Crippen LogP contribution in [0.5, 0.6) is 0 Å². The molecule has 0 aromatic heterocycles. The van der Waals surface area contributed by atoms with Gasteiger partial charge in [0.25, 0.3) is 0 Å². The molecule has 0 radical (unpaired) electrons. The van der Waals surface area contributed by atoms with Gasteiger partial charge in [-0.05, 0) is 73.4 Å². The van der Waals surface area contributed by atoms with Crippen LogP contribution in [0.1, 0.15) is 19.8 Å². The summed E-state index contributed by atoms with van der Waals surface area (Å²) in [5.74, 6) is 0.424. The highest BCUT2D eigenvalue weighted by Gasteiger charge is 2.23. The van der Waals surface area contributed by atoms with Crippen molar-refractivity contribution < 1.29 is 4.39 Å². The lowest BCUT2D eigenvalue weighted by atomic mass is 9.92. The molecule has 0 amide bonds. The van der Waals surface area contributed by atoms with E-state index in [2.05, 4.69) is 40.1 Å². The van der Waals surface area contributed by atoms with Crippen LogP contribution in [0, 0.1) is 11.7 Å². The smallest absolute Gasteiger partial charge is 0.125 e. The molecule has 1 aromatic rings. The molecule has 4 heteroatoms. The molecule has 18 heavy (non-hydrogen) atoms. The summed E-state index contributed by atoms with van der Waals surface area (Å²) >= 11 is 3.46. The van der Waals surface area contributed by atoms with E-state index in [1.165, 1.54) is 25.5 Å². The SMILES string of the molecule is CC(Nc1cc(F)ccc1Br)C1CCCN(C)C1. The van der Waals surface area contributed by atoms with E-state index in [1.807, 2.05) is 0 Å². The topological polar surface area (TPSA) is 15.3 Å². The van der Waals surface area contributed by atoms with E-state index in [1.54, 1.807) is 12.1 Å². The molecule has 1 fully saturated rings. The lowest BCUT2D eigenvalue weighted by Crippen LogP contribution is -2.39. The first-order valence-electron chi connectivity index (χ1n) is 6.46. The maximum atomic E-state index is 13.2. The van der Waals surface area contributed by atoms with Crippen LogP contribution in [0.4, 0.5) is 10.1 Å². The zero-order valence-corrected chi connectivity index (χ0v) is 12.5. The number of hydrogen-bond acceptors (Lipinski definition) is 2. The summed E-state index contributed by atoms with van der Waals surface area (Å²) in [6.45, 7) is 4.48. The minimum Gasteiger partial charge on any atom is -0.381 e. The molecule has 1 aliphatic heterocycles. The van der Waals surface area contributed by atoms with E-state index in [0.717, 1.165) is 16.7 Å². The van der Waals surface area contributed by atoms with Gasteiger partial charge < -0.3 is 10.2 Å². The molecule has 0 saturated carbocycles. The van der Waals surface area contributed by atoms with Crippen LogP contribution in [0.25, 0.3) is 0 Å².